The standard InChI is InChI=1S/C18H27N3O3/c1-14(24-17-5-3-16(23-2)4-6-17)18(22)21-10-7-15(13-21)20-11-8-19-9-12-20/h3-6,14-15,19H,7-13H2,1-2H3. The third-order valence-corrected chi connectivity index (χ3v) is 4.86. The fraction of sp³-hybridized carbons (Fsp3) is 0.611. The molecule has 0 radical (unpaired) electrons. The molecule has 0 aliphatic carbocycles. The van der Waals surface area contributed by atoms with Crippen LogP contribution in [0.3, 0.4) is 0 Å². The maximum atomic E-state index is 12.6. The average molecular weight is 333 g/mol. The molecule has 132 valence electrons. The first-order chi connectivity index (χ1) is 11.7. The van der Waals surface area contributed by atoms with Crippen LogP contribution in [0.4, 0.5) is 0 Å². The van der Waals surface area contributed by atoms with Gasteiger partial charge in [0.05, 0.1) is 7.11 Å². The molecular formula is C18H27N3O3. The highest BCUT2D eigenvalue weighted by atomic mass is 16.5. The Kier molecular flexibility index (Phi) is 5.58. The zero-order valence-corrected chi connectivity index (χ0v) is 14.5. The number of carbonyl (C=O) groups excluding carboxylic acids is 1. The summed E-state index contributed by atoms with van der Waals surface area (Å²) >= 11 is 0. The van der Waals surface area contributed by atoms with Crippen LogP contribution in [0.5, 0.6) is 11.5 Å². The van der Waals surface area contributed by atoms with Gasteiger partial charge < -0.3 is 19.7 Å². The largest absolute Gasteiger partial charge is 0.497 e. The van der Waals surface area contributed by atoms with E-state index in [9.17, 15) is 4.79 Å². The van der Waals surface area contributed by atoms with Gasteiger partial charge in [-0.25, -0.2) is 0 Å². The van der Waals surface area contributed by atoms with Gasteiger partial charge in [-0.15, -0.1) is 0 Å². The van der Waals surface area contributed by atoms with Gasteiger partial charge in [-0.05, 0) is 37.6 Å². The highest BCUT2D eigenvalue weighted by Gasteiger charge is 2.33. The monoisotopic (exact) mass is 333 g/mol. The molecule has 2 fully saturated rings. The van der Waals surface area contributed by atoms with Crippen LogP contribution in [-0.4, -0.2) is 74.2 Å². The lowest BCUT2D eigenvalue weighted by Crippen LogP contribution is -2.50. The predicted octanol–water partition coefficient (Wildman–Crippen LogP) is 0.969. The van der Waals surface area contributed by atoms with Gasteiger partial charge in [0.15, 0.2) is 6.10 Å². The van der Waals surface area contributed by atoms with E-state index in [2.05, 4.69) is 10.2 Å². The fourth-order valence-corrected chi connectivity index (χ4v) is 3.45. The van der Waals surface area contributed by atoms with Gasteiger partial charge >= 0.3 is 0 Å². The van der Waals surface area contributed by atoms with Crippen molar-refractivity contribution in [3.63, 3.8) is 0 Å². The summed E-state index contributed by atoms with van der Waals surface area (Å²) in [5.74, 6) is 1.54. The van der Waals surface area contributed by atoms with Crippen molar-refractivity contribution in [1.29, 1.82) is 0 Å². The Morgan fingerprint density at radius 3 is 2.50 bits per heavy atom. The van der Waals surface area contributed by atoms with E-state index in [1.165, 1.54) is 0 Å². The zero-order chi connectivity index (χ0) is 16.9. The average Bonchev–Trinajstić information content (AvgIpc) is 3.12. The van der Waals surface area contributed by atoms with Crippen LogP contribution in [0.15, 0.2) is 24.3 Å². The lowest BCUT2D eigenvalue weighted by molar-refractivity contribution is -0.137. The predicted molar refractivity (Wildman–Crippen MR) is 92.5 cm³/mol. The molecule has 2 aliphatic rings. The summed E-state index contributed by atoms with van der Waals surface area (Å²) in [5, 5.41) is 3.37. The Labute approximate surface area is 143 Å². The van der Waals surface area contributed by atoms with Crippen molar-refractivity contribution in [2.75, 3.05) is 46.4 Å². The molecule has 3 rings (SSSR count). The lowest BCUT2D eigenvalue weighted by Gasteiger charge is -2.32. The molecular weight excluding hydrogens is 306 g/mol. The molecule has 2 unspecified atom stereocenters. The van der Waals surface area contributed by atoms with Gasteiger partial charge in [-0.2, -0.15) is 0 Å². The minimum atomic E-state index is -0.472. The SMILES string of the molecule is COc1ccc(OC(C)C(=O)N2CCC(N3CCNCC3)C2)cc1. The maximum Gasteiger partial charge on any atom is 0.263 e. The van der Waals surface area contributed by atoms with Crippen LogP contribution < -0.4 is 14.8 Å². The molecule has 6 nitrogen and oxygen atoms in total. The van der Waals surface area contributed by atoms with E-state index in [1.54, 1.807) is 7.11 Å². The van der Waals surface area contributed by atoms with Crippen LogP contribution in [0, 0.1) is 0 Å². The highest BCUT2D eigenvalue weighted by molar-refractivity contribution is 5.81. The Morgan fingerprint density at radius 1 is 1.17 bits per heavy atom. The van der Waals surface area contributed by atoms with Crippen LogP contribution in [0.2, 0.25) is 0 Å². The van der Waals surface area contributed by atoms with Crippen molar-refractivity contribution in [3.05, 3.63) is 24.3 Å². The lowest BCUT2D eigenvalue weighted by atomic mass is 10.2. The number of ether oxygens (including phenoxy) is 2. The zero-order valence-electron chi connectivity index (χ0n) is 14.5. The minimum absolute atomic E-state index is 0.0726. The van der Waals surface area contributed by atoms with Crippen molar-refractivity contribution in [2.45, 2.75) is 25.5 Å². The number of methoxy groups -OCH3 is 1. The first kappa shape index (κ1) is 17.0. The molecule has 1 amide bonds. The molecule has 1 aromatic rings. The number of nitrogens with one attached hydrogen (secondary N) is 1. The number of carbonyl (C=O) groups is 1. The van der Waals surface area contributed by atoms with Crippen LogP contribution >= 0.6 is 0 Å². The Balaban J connectivity index is 1.51. The molecule has 2 atom stereocenters. The summed E-state index contributed by atoms with van der Waals surface area (Å²) in [6, 6.07) is 7.82. The molecule has 2 aliphatic heterocycles. The molecule has 0 spiro atoms. The summed E-state index contributed by atoms with van der Waals surface area (Å²) in [4.78, 5) is 17.1. The number of likely N-dealkylation sites (tertiary alicyclic amines) is 1. The Morgan fingerprint density at radius 2 is 1.83 bits per heavy atom. The van der Waals surface area contributed by atoms with Gasteiger partial charge in [-0.1, -0.05) is 0 Å². The van der Waals surface area contributed by atoms with Gasteiger partial charge in [0.1, 0.15) is 11.5 Å². The molecule has 0 saturated carbocycles. The summed E-state index contributed by atoms with van der Waals surface area (Å²) < 4.78 is 10.9. The normalized spacial score (nSPS) is 23.1. The summed E-state index contributed by atoms with van der Waals surface area (Å²) in [6.45, 7) is 7.70. The quantitative estimate of drug-likeness (QED) is 0.870. The number of benzene rings is 1. The Bertz CT molecular complexity index is 543. The van der Waals surface area contributed by atoms with E-state index in [4.69, 9.17) is 9.47 Å². The van der Waals surface area contributed by atoms with Crippen molar-refractivity contribution >= 4 is 5.91 Å². The summed E-state index contributed by atoms with van der Waals surface area (Å²) in [6.07, 6.45) is 0.584. The first-order valence-electron chi connectivity index (χ1n) is 8.71. The number of hydrogen-bond acceptors (Lipinski definition) is 5. The molecule has 6 heteroatoms. The second-order valence-corrected chi connectivity index (χ2v) is 6.45. The van der Waals surface area contributed by atoms with Gasteiger partial charge in [0.25, 0.3) is 5.91 Å². The number of piperazine rings is 1. The van der Waals surface area contributed by atoms with Gasteiger partial charge in [0, 0.05) is 45.3 Å². The van der Waals surface area contributed by atoms with E-state index < -0.39 is 6.10 Å². The topological polar surface area (TPSA) is 54.0 Å². The van der Waals surface area contributed by atoms with Crippen LogP contribution in [-0.2, 0) is 4.79 Å². The third kappa shape index (κ3) is 3.99. The highest BCUT2D eigenvalue weighted by Crippen LogP contribution is 2.21. The van der Waals surface area contributed by atoms with Gasteiger partial charge in [-0.3, -0.25) is 9.69 Å². The number of nitrogens with zero attached hydrogens (tertiary/aromatic N) is 2. The molecule has 2 heterocycles. The van der Waals surface area contributed by atoms with Crippen molar-refractivity contribution in [3.8, 4) is 11.5 Å². The van der Waals surface area contributed by atoms with E-state index >= 15 is 0 Å². The third-order valence-electron chi connectivity index (χ3n) is 4.86. The Hall–Kier alpha value is -1.79. The summed E-state index contributed by atoms with van der Waals surface area (Å²) in [5.41, 5.74) is 0. The fourth-order valence-electron chi connectivity index (χ4n) is 3.45. The van der Waals surface area contributed by atoms with E-state index in [0.29, 0.717) is 11.8 Å². The molecule has 24 heavy (non-hydrogen) atoms. The minimum Gasteiger partial charge on any atom is -0.497 e. The number of amides is 1. The summed E-state index contributed by atoms with van der Waals surface area (Å²) in [7, 11) is 1.63. The first-order valence-corrected chi connectivity index (χ1v) is 8.71. The number of rotatable bonds is 5. The van der Waals surface area contributed by atoms with E-state index in [-0.39, 0.29) is 5.91 Å². The molecule has 1 aromatic carbocycles. The molecule has 0 aromatic heterocycles. The van der Waals surface area contributed by atoms with Gasteiger partial charge in [0.2, 0.25) is 0 Å². The van der Waals surface area contributed by atoms with Crippen molar-refractivity contribution < 1.29 is 14.3 Å². The molecule has 0 bridgehead atoms. The van der Waals surface area contributed by atoms with E-state index in [1.807, 2.05) is 36.1 Å². The van der Waals surface area contributed by atoms with Crippen molar-refractivity contribution in [2.24, 2.45) is 0 Å². The number of hydrogen-bond donors (Lipinski definition) is 1. The molecule has 2 saturated heterocycles. The second-order valence-electron chi connectivity index (χ2n) is 6.45. The van der Waals surface area contributed by atoms with Crippen molar-refractivity contribution in [1.82, 2.24) is 15.1 Å². The molecule has 1 N–H and O–H groups in total. The second kappa shape index (κ2) is 7.85. The maximum absolute atomic E-state index is 12.6. The van der Waals surface area contributed by atoms with E-state index in [0.717, 1.165) is 51.4 Å². The smallest absolute Gasteiger partial charge is 0.263 e. The van der Waals surface area contributed by atoms with Crippen LogP contribution in [0.25, 0.3) is 0 Å². The van der Waals surface area contributed by atoms with Crippen LogP contribution in [0.1, 0.15) is 13.3 Å².